The largest absolute Gasteiger partial charge is 0.420 e. The molecule has 4 rings (SSSR count). The Balaban J connectivity index is 1.56. The first-order valence-corrected chi connectivity index (χ1v) is 10.2. The molecule has 1 aliphatic heterocycles. The van der Waals surface area contributed by atoms with Gasteiger partial charge in [-0.05, 0) is 36.8 Å². The van der Waals surface area contributed by atoms with Crippen LogP contribution in [0.3, 0.4) is 0 Å². The molecular formula is C21H14F5N7O3. The number of rotatable bonds is 4. The quantitative estimate of drug-likeness (QED) is 0.538. The number of hydrogen-bond donors (Lipinski definition) is 1. The highest BCUT2D eigenvalue weighted by atomic mass is 19.4. The third-order valence-electron chi connectivity index (χ3n) is 5.01. The fourth-order valence-corrected chi connectivity index (χ4v) is 3.44. The Morgan fingerprint density at radius 3 is 2.42 bits per heavy atom. The first-order chi connectivity index (χ1) is 17.1. The van der Waals surface area contributed by atoms with Crippen molar-refractivity contribution in [3.8, 4) is 0 Å². The normalized spacial score (nSPS) is 14.1. The molecule has 0 unspecified atom stereocenters. The molecular weight excluding hydrogens is 493 g/mol. The van der Waals surface area contributed by atoms with Crippen LogP contribution in [0.4, 0.5) is 38.4 Å². The van der Waals surface area contributed by atoms with Gasteiger partial charge in [-0.1, -0.05) is 0 Å². The lowest BCUT2D eigenvalue weighted by Gasteiger charge is -2.33. The molecule has 3 heterocycles. The lowest BCUT2D eigenvalue weighted by atomic mass is 10.0. The van der Waals surface area contributed by atoms with Crippen molar-refractivity contribution >= 4 is 29.5 Å². The summed E-state index contributed by atoms with van der Waals surface area (Å²) in [5.74, 6) is -5.54. The van der Waals surface area contributed by atoms with E-state index >= 15 is 0 Å². The van der Waals surface area contributed by atoms with Gasteiger partial charge in [0.05, 0.1) is 5.56 Å². The van der Waals surface area contributed by atoms with Crippen molar-refractivity contribution in [2.45, 2.75) is 12.6 Å². The zero-order valence-corrected chi connectivity index (χ0v) is 18.0. The van der Waals surface area contributed by atoms with Crippen molar-refractivity contribution in [2.75, 3.05) is 23.3 Å². The van der Waals surface area contributed by atoms with E-state index in [0.717, 1.165) is 4.90 Å². The number of nitrogens with zero attached hydrogens (tertiary/aromatic N) is 6. The van der Waals surface area contributed by atoms with Crippen molar-refractivity contribution < 1.29 is 36.3 Å². The van der Waals surface area contributed by atoms with E-state index in [1.54, 1.807) is 6.07 Å². The van der Waals surface area contributed by atoms with Gasteiger partial charge in [-0.2, -0.15) is 18.3 Å². The van der Waals surface area contributed by atoms with Crippen LogP contribution in [-0.4, -0.2) is 56.2 Å². The highest BCUT2D eigenvalue weighted by molar-refractivity contribution is 6.10. The topological polar surface area (TPSA) is 121 Å². The second kappa shape index (κ2) is 9.59. The summed E-state index contributed by atoms with van der Waals surface area (Å²) in [5, 5.41) is 17.2. The van der Waals surface area contributed by atoms with Crippen LogP contribution in [0.5, 0.6) is 0 Å². The van der Waals surface area contributed by atoms with Gasteiger partial charge in [-0.3, -0.25) is 19.4 Å². The molecule has 0 bridgehead atoms. The molecule has 15 heteroatoms. The summed E-state index contributed by atoms with van der Waals surface area (Å²) in [7, 11) is 0. The maximum Gasteiger partial charge on any atom is 0.420 e. The lowest BCUT2D eigenvalue weighted by Crippen LogP contribution is -2.52. The van der Waals surface area contributed by atoms with Crippen LogP contribution >= 0.6 is 0 Å². The molecule has 0 spiro atoms. The van der Waals surface area contributed by atoms with E-state index in [9.17, 15) is 36.3 Å². The van der Waals surface area contributed by atoms with Crippen LogP contribution in [-0.2, 0) is 6.18 Å². The molecule has 4 amide bonds. The Bertz CT molecular complexity index is 1320. The average Bonchev–Trinajstić information content (AvgIpc) is 2.83. The summed E-state index contributed by atoms with van der Waals surface area (Å²) in [5.41, 5.74) is -3.46. The molecule has 0 radical (unpaired) electrons. The van der Waals surface area contributed by atoms with Crippen LogP contribution in [0.25, 0.3) is 0 Å². The Kier molecular flexibility index (Phi) is 6.55. The number of amides is 4. The van der Waals surface area contributed by atoms with E-state index in [1.807, 2.05) is 0 Å². The van der Waals surface area contributed by atoms with E-state index in [1.165, 1.54) is 24.4 Å². The van der Waals surface area contributed by atoms with Crippen LogP contribution in [0.15, 0.2) is 42.6 Å². The molecule has 1 N–H and O–H groups in total. The minimum Gasteiger partial charge on any atom is -0.304 e. The number of aromatic nitrogens is 4. The fourth-order valence-electron chi connectivity index (χ4n) is 3.44. The van der Waals surface area contributed by atoms with Gasteiger partial charge in [0.25, 0.3) is 11.8 Å². The Hall–Kier alpha value is -4.56. The number of anilines is 2. The number of urea groups is 1. The van der Waals surface area contributed by atoms with E-state index in [2.05, 4.69) is 25.7 Å². The summed E-state index contributed by atoms with van der Waals surface area (Å²) in [6.07, 6.45) is -3.79. The van der Waals surface area contributed by atoms with Crippen molar-refractivity contribution in [1.29, 1.82) is 0 Å². The zero-order chi connectivity index (χ0) is 26.0. The smallest absolute Gasteiger partial charge is 0.304 e. The molecule has 3 aromatic rings. The molecule has 1 saturated heterocycles. The standard InChI is InChI=1S/C21H14F5N7O3/c22-11-9-12(17(13(23)10-11)21(24,25)26)19(35)33-8-2-7-32(20(33)36)16-5-4-14(29-31-16)18(34)28-15-3-1-6-27-30-15/h1,3-6,9-10H,2,7-8H2,(H,28,30,34). The molecule has 10 nitrogen and oxygen atoms in total. The highest BCUT2D eigenvalue weighted by Gasteiger charge is 2.42. The van der Waals surface area contributed by atoms with Gasteiger partial charge in [0.1, 0.15) is 17.2 Å². The monoisotopic (exact) mass is 507 g/mol. The number of alkyl halides is 3. The summed E-state index contributed by atoms with van der Waals surface area (Å²) in [6.45, 7) is -0.276. The van der Waals surface area contributed by atoms with E-state index < -0.39 is 46.8 Å². The van der Waals surface area contributed by atoms with Gasteiger partial charge >= 0.3 is 12.2 Å². The second-order valence-corrected chi connectivity index (χ2v) is 7.39. The molecule has 36 heavy (non-hydrogen) atoms. The lowest BCUT2D eigenvalue weighted by molar-refractivity contribution is -0.140. The van der Waals surface area contributed by atoms with E-state index in [-0.39, 0.29) is 49.0 Å². The Labute approximate surface area is 198 Å². The summed E-state index contributed by atoms with van der Waals surface area (Å²) >= 11 is 0. The maximum atomic E-state index is 13.9. The van der Waals surface area contributed by atoms with Crippen molar-refractivity contribution in [1.82, 2.24) is 25.3 Å². The minimum absolute atomic E-state index is 0.00158. The van der Waals surface area contributed by atoms with E-state index in [4.69, 9.17) is 0 Å². The summed E-state index contributed by atoms with van der Waals surface area (Å²) < 4.78 is 67.7. The molecule has 186 valence electrons. The van der Waals surface area contributed by atoms with Crippen LogP contribution in [0.1, 0.15) is 32.8 Å². The van der Waals surface area contributed by atoms with Crippen molar-refractivity contribution in [3.63, 3.8) is 0 Å². The predicted molar refractivity (Wildman–Crippen MR) is 112 cm³/mol. The number of carbonyl (C=O) groups is 3. The molecule has 1 aliphatic rings. The first-order valence-electron chi connectivity index (χ1n) is 10.2. The third-order valence-corrected chi connectivity index (χ3v) is 5.01. The number of carbonyl (C=O) groups excluding carboxylic acids is 3. The second-order valence-electron chi connectivity index (χ2n) is 7.39. The van der Waals surface area contributed by atoms with Gasteiger partial charge in [0, 0.05) is 25.4 Å². The minimum atomic E-state index is -5.31. The average molecular weight is 507 g/mol. The molecule has 1 fully saturated rings. The third kappa shape index (κ3) is 4.94. The SMILES string of the molecule is O=C(Nc1cccnn1)c1ccc(N2CCCN(C(=O)c3cc(F)cc(F)c3C(F)(F)F)C2=O)nn1. The Morgan fingerprint density at radius 1 is 1.00 bits per heavy atom. The number of nitrogens with one attached hydrogen (secondary N) is 1. The number of hydrogen-bond acceptors (Lipinski definition) is 7. The zero-order valence-electron chi connectivity index (χ0n) is 18.0. The molecule has 0 saturated carbocycles. The predicted octanol–water partition coefficient (Wildman–Crippen LogP) is 3.29. The Morgan fingerprint density at radius 2 is 1.78 bits per heavy atom. The molecule has 2 aromatic heterocycles. The maximum absolute atomic E-state index is 13.9. The van der Waals surface area contributed by atoms with Crippen molar-refractivity contribution in [2.24, 2.45) is 0 Å². The number of benzene rings is 1. The van der Waals surface area contributed by atoms with Gasteiger partial charge in [0.15, 0.2) is 17.3 Å². The summed E-state index contributed by atoms with van der Waals surface area (Å²) in [4.78, 5) is 39.4. The van der Waals surface area contributed by atoms with Crippen LogP contribution < -0.4 is 10.2 Å². The summed E-state index contributed by atoms with van der Waals surface area (Å²) in [6, 6.07) is 4.66. The van der Waals surface area contributed by atoms with Gasteiger partial charge in [0.2, 0.25) is 0 Å². The van der Waals surface area contributed by atoms with Crippen molar-refractivity contribution in [3.05, 3.63) is 71.1 Å². The molecule has 0 aliphatic carbocycles. The van der Waals surface area contributed by atoms with Gasteiger partial charge < -0.3 is 5.32 Å². The van der Waals surface area contributed by atoms with Gasteiger partial charge in [-0.15, -0.1) is 15.3 Å². The number of halogens is 5. The van der Waals surface area contributed by atoms with Gasteiger partial charge in [-0.25, -0.2) is 13.6 Å². The molecule has 1 aromatic carbocycles. The van der Waals surface area contributed by atoms with Crippen LogP contribution in [0, 0.1) is 11.6 Å². The highest BCUT2D eigenvalue weighted by Crippen LogP contribution is 2.35. The molecule has 0 atom stereocenters. The first kappa shape index (κ1) is 24.6. The van der Waals surface area contributed by atoms with Crippen LogP contribution in [0.2, 0.25) is 0 Å². The fraction of sp³-hybridized carbons (Fsp3) is 0.190. The number of imide groups is 1. The van der Waals surface area contributed by atoms with E-state index in [0.29, 0.717) is 4.90 Å².